The number of nitrogens with one attached hydrogen (secondary N) is 2. The van der Waals surface area contributed by atoms with E-state index in [-0.39, 0.29) is 23.6 Å². The zero-order chi connectivity index (χ0) is 22.8. The number of carbonyl (C=O) groups excluding carboxylic acids is 1. The highest BCUT2D eigenvalue weighted by Gasteiger charge is 2.21. The predicted molar refractivity (Wildman–Crippen MR) is 124 cm³/mol. The number of hydrogen-bond acceptors (Lipinski definition) is 4. The van der Waals surface area contributed by atoms with Gasteiger partial charge in [-0.2, -0.15) is 0 Å². The standard InChI is InChI=1S/C19H21FN2O2.C6H5FS/c20-16-8-6-14(7-9-16)13-24-17-4-1-3-15(11-17)12-22-19(23)18-5-2-10-21-18;7-5-1-3-6(8)4-2-5/h1,3-4,6-9,11,18,21H,2,5,10,12-13H2,(H,22,23);1-4,8H. The molecule has 4 rings (SSSR count). The maximum atomic E-state index is 12.9. The van der Waals surface area contributed by atoms with Crippen molar-refractivity contribution in [3.8, 4) is 5.75 Å². The molecular weight excluding hydrogens is 430 g/mol. The Labute approximate surface area is 192 Å². The Hall–Kier alpha value is -2.90. The van der Waals surface area contributed by atoms with Gasteiger partial charge in [0.1, 0.15) is 24.0 Å². The fraction of sp³-hybridized carbons (Fsp3) is 0.240. The summed E-state index contributed by atoms with van der Waals surface area (Å²) < 4.78 is 30.7. The zero-order valence-corrected chi connectivity index (χ0v) is 18.5. The molecule has 7 heteroatoms. The number of carbonyl (C=O) groups is 1. The smallest absolute Gasteiger partial charge is 0.237 e. The summed E-state index contributed by atoms with van der Waals surface area (Å²) >= 11 is 3.97. The molecule has 1 aliphatic rings. The molecule has 3 aromatic rings. The molecular formula is C25H26F2N2O2S. The Morgan fingerprint density at radius 1 is 1.00 bits per heavy atom. The third kappa shape index (κ3) is 7.98. The molecule has 1 aliphatic heterocycles. The van der Waals surface area contributed by atoms with Crippen molar-refractivity contribution >= 4 is 18.5 Å². The summed E-state index contributed by atoms with van der Waals surface area (Å²) in [6.07, 6.45) is 1.94. The Morgan fingerprint density at radius 2 is 1.69 bits per heavy atom. The number of amides is 1. The number of thiol groups is 1. The maximum absolute atomic E-state index is 12.9. The van der Waals surface area contributed by atoms with Gasteiger partial charge < -0.3 is 15.4 Å². The second-order valence-corrected chi connectivity index (χ2v) is 7.92. The normalized spacial score (nSPS) is 14.9. The van der Waals surface area contributed by atoms with E-state index in [4.69, 9.17) is 4.74 Å². The lowest BCUT2D eigenvalue weighted by atomic mass is 10.2. The molecule has 32 heavy (non-hydrogen) atoms. The first-order valence-corrected chi connectivity index (χ1v) is 10.9. The highest BCUT2D eigenvalue weighted by Crippen LogP contribution is 2.16. The summed E-state index contributed by atoms with van der Waals surface area (Å²) in [7, 11) is 0. The largest absolute Gasteiger partial charge is 0.489 e. The van der Waals surface area contributed by atoms with Crippen LogP contribution in [0.3, 0.4) is 0 Å². The molecule has 1 atom stereocenters. The molecule has 1 unspecified atom stereocenters. The van der Waals surface area contributed by atoms with Crippen molar-refractivity contribution in [2.45, 2.75) is 36.9 Å². The quantitative estimate of drug-likeness (QED) is 0.463. The van der Waals surface area contributed by atoms with Crippen molar-refractivity contribution in [2.75, 3.05) is 6.54 Å². The van der Waals surface area contributed by atoms with Gasteiger partial charge >= 0.3 is 0 Å². The van der Waals surface area contributed by atoms with E-state index in [2.05, 4.69) is 23.3 Å². The minimum Gasteiger partial charge on any atom is -0.489 e. The molecule has 0 aliphatic carbocycles. The molecule has 0 bridgehead atoms. The Kier molecular flexibility index (Phi) is 9.07. The molecule has 1 heterocycles. The molecule has 0 aromatic heterocycles. The van der Waals surface area contributed by atoms with Gasteiger partial charge in [0.05, 0.1) is 6.04 Å². The summed E-state index contributed by atoms with van der Waals surface area (Å²) in [6.45, 7) is 1.76. The molecule has 1 saturated heterocycles. The van der Waals surface area contributed by atoms with Gasteiger partial charge in [0.25, 0.3) is 0 Å². The Morgan fingerprint density at radius 3 is 2.31 bits per heavy atom. The van der Waals surface area contributed by atoms with E-state index in [9.17, 15) is 13.6 Å². The monoisotopic (exact) mass is 456 g/mol. The van der Waals surface area contributed by atoms with Gasteiger partial charge in [-0.3, -0.25) is 4.79 Å². The number of ether oxygens (including phenoxy) is 1. The van der Waals surface area contributed by atoms with E-state index < -0.39 is 0 Å². The molecule has 0 radical (unpaired) electrons. The van der Waals surface area contributed by atoms with E-state index in [1.807, 2.05) is 24.3 Å². The van der Waals surface area contributed by atoms with Gasteiger partial charge in [0.15, 0.2) is 0 Å². The van der Waals surface area contributed by atoms with Crippen LogP contribution in [-0.2, 0) is 17.9 Å². The van der Waals surface area contributed by atoms with Crippen LogP contribution in [0, 0.1) is 11.6 Å². The van der Waals surface area contributed by atoms with Crippen LogP contribution in [0.4, 0.5) is 8.78 Å². The lowest BCUT2D eigenvalue weighted by Crippen LogP contribution is -2.39. The number of hydrogen-bond donors (Lipinski definition) is 3. The molecule has 0 saturated carbocycles. The first-order chi connectivity index (χ1) is 15.5. The predicted octanol–water partition coefficient (Wildman–Crippen LogP) is 4.89. The van der Waals surface area contributed by atoms with Gasteiger partial charge in [-0.05, 0) is 79.0 Å². The van der Waals surface area contributed by atoms with Crippen molar-refractivity contribution in [2.24, 2.45) is 0 Å². The van der Waals surface area contributed by atoms with Gasteiger partial charge in [-0.15, -0.1) is 12.6 Å². The molecule has 4 nitrogen and oxygen atoms in total. The zero-order valence-electron chi connectivity index (χ0n) is 17.6. The van der Waals surface area contributed by atoms with Crippen molar-refractivity contribution in [1.82, 2.24) is 10.6 Å². The fourth-order valence-electron chi connectivity index (χ4n) is 3.15. The molecule has 168 valence electrons. The van der Waals surface area contributed by atoms with Gasteiger partial charge in [-0.25, -0.2) is 8.78 Å². The second-order valence-electron chi connectivity index (χ2n) is 7.41. The van der Waals surface area contributed by atoms with E-state index in [1.54, 1.807) is 24.3 Å². The van der Waals surface area contributed by atoms with Crippen LogP contribution >= 0.6 is 12.6 Å². The highest BCUT2D eigenvalue weighted by molar-refractivity contribution is 7.80. The van der Waals surface area contributed by atoms with Gasteiger partial charge in [0, 0.05) is 11.4 Å². The van der Waals surface area contributed by atoms with Crippen molar-refractivity contribution in [3.05, 3.63) is 95.6 Å². The summed E-state index contributed by atoms with van der Waals surface area (Å²) in [4.78, 5) is 12.8. The second kappa shape index (κ2) is 12.2. The maximum Gasteiger partial charge on any atom is 0.237 e. The van der Waals surface area contributed by atoms with Crippen LogP contribution in [0.2, 0.25) is 0 Å². The van der Waals surface area contributed by atoms with E-state index in [0.29, 0.717) is 13.2 Å². The summed E-state index contributed by atoms with van der Waals surface area (Å²) in [5.74, 6) is 0.297. The number of rotatable bonds is 6. The molecule has 2 N–H and O–H groups in total. The summed E-state index contributed by atoms with van der Waals surface area (Å²) in [6, 6.07) is 19.8. The molecule has 3 aromatic carbocycles. The fourth-order valence-corrected chi connectivity index (χ4v) is 3.30. The van der Waals surface area contributed by atoms with Crippen LogP contribution in [0.5, 0.6) is 5.75 Å². The van der Waals surface area contributed by atoms with E-state index in [0.717, 1.165) is 41.2 Å². The first-order valence-electron chi connectivity index (χ1n) is 10.4. The van der Waals surface area contributed by atoms with Gasteiger partial charge in [0.2, 0.25) is 5.91 Å². The van der Waals surface area contributed by atoms with Crippen molar-refractivity contribution in [1.29, 1.82) is 0 Å². The minimum atomic E-state index is -0.256. The van der Waals surface area contributed by atoms with E-state index in [1.165, 1.54) is 24.3 Å². The molecule has 1 amide bonds. The first kappa shape index (κ1) is 23.8. The van der Waals surface area contributed by atoms with Crippen molar-refractivity contribution < 1.29 is 18.3 Å². The Balaban J connectivity index is 0.000000305. The van der Waals surface area contributed by atoms with E-state index >= 15 is 0 Å². The number of halogens is 2. The average Bonchev–Trinajstić information content (AvgIpc) is 3.35. The average molecular weight is 457 g/mol. The van der Waals surface area contributed by atoms with Crippen LogP contribution in [0.1, 0.15) is 24.0 Å². The third-order valence-electron chi connectivity index (χ3n) is 4.89. The lowest BCUT2D eigenvalue weighted by molar-refractivity contribution is -0.122. The molecule has 0 spiro atoms. The van der Waals surface area contributed by atoms with Crippen LogP contribution in [0.25, 0.3) is 0 Å². The van der Waals surface area contributed by atoms with Gasteiger partial charge in [-0.1, -0.05) is 24.3 Å². The molecule has 1 fully saturated rings. The highest BCUT2D eigenvalue weighted by atomic mass is 32.1. The summed E-state index contributed by atoms with van der Waals surface area (Å²) in [5.41, 5.74) is 1.89. The minimum absolute atomic E-state index is 0.0464. The van der Waals surface area contributed by atoms with Crippen LogP contribution in [0.15, 0.2) is 77.7 Å². The van der Waals surface area contributed by atoms with Crippen molar-refractivity contribution in [3.63, 3.8) is 0 Å². The third-order valence-corrected chi connectivity index (χ3v) is 5.19. The Bertz CT molecular complexity index is 971. The van der Waals surface area contributed by atoms with Crippen LogP contribution in [-0.4, -0.2) is 18.5 Å². The van der Waals surface area contributed by atoms with Crippen LogP contribution < -0.4 is 15.4 Å². The lowest BCUT2D eigenvalue weighted by Gasteiger charge is -2.12. The SMILES string of the molecule is Fc1ccc(S)cc1.O=C(NCc1cccc(OCc2ccc(F)cc2)c1)C1CCCN1. The summed E-state index contributed by atoms with van der Waals surface area (Å²) in [5, 5.41) is 6.13. The topological polar surface area (TPSA) is 50.4 Å². The number of benzene rings is 3.